The van der Waals surface area contributed by atoms with Gasteiger partial charge in [-0.15, -0.1) is 0 Å². The summed E-state index contributed by atoms with van der Waals surface area (Å²) in [5.41, 5.74) is 27.9. The molecule has 0 rings (SSSR count). The van der Waals surface area contributed by atoms with E-state index in [1.54, 1.807) is 27.7 Å². The van der Waals surface area contributed by atoms with Crippen LogP contribution in [0.5, 0.6) is 0 Å². The molecule has 12 amide bonds. The number of amides is 12. The van der Waals surface area contributed by atoms with Crippen molar-refractivity contribution in [3.8, 4) is 0 Å². The van der Waals surface area contributed by atoms with Gasteiger partial charge >= 0.3 is 17.9 Å². The van der Waals surface area contributed by atoms with Crippen molar-refractivity contribution in [2.75, 3.05) is 26.2 Å². The van der Waals surface area contributed by atoms with Crippen LogP contribution in [-0.2, 0) is 71.9 Å². The number of carboxylic acids is 3. The van der Waals surface area contributed by atoms with Gasteiger partial charge in [-0.1, -0.05) is 27.7 Å². The number of nitrogens with zero attached hydrogens (tertiary/aromatic N) is 1. The van der Waals surface area contributed by atoms with E-state index in [9.17, 15) is 97.5 Å². The molecule has 96 heavy (non-hydrogen) atoms. The van der Waals surface area contributed by atoms with E-state index in [2.05, 4.69) is 68.8 Å². The molecule has 0 aliphatic heterocycles. The summed E-state index contributed by atoms with van der Waals surface area (Å²) < 4.78 is 0. The maximum absolute atomic E-state index is 14.2. The van der Waals surface area contributed by atoms with E-state index in [-0.39, 0.29) is 76.0 Å². The van der Waals surface area contributed by atoms with Gasteiger partial charge < -0.3 is 118 Å². The van der Waals surface area contributed by atoms with Gasteiger partial charge in [-0.25, -0.2) is 4.79 Å². The Morgan fingerprint density at radius 3 is 1.16 bits per heavy atom. The van der Waals surface area contributed by atoms with Gasteiger partial charge in [-0.05, 0) is 130 Å². The van der Waals surface area contributed by atoms with Crippen LogP contribution in [0.3, 0.4) is 0 Å². The van der Waals surface area contributed by atoms with Crippen LogP contribution < -0.4 is 92.5 Å². The molecule has 38 heteroatoms. The Labute approximate surface area is 556 Å². The second kappa shape index (κ2) is 45.5. The van der Waals surface area contributed by atoms with E-state index in [1.807, 2.05) is 0 Å². The molecule has 38 nitrogen and oxygen atoms in total. The lowest BCUT2D eigenvalue weighted by molar-refractivity contribution is -0.142. The van der Waals surface area contributed by atoms with E-state index in [4.69, 9.17) is 28.7 Å². The molecule has 0 aromatic rings. The van der Waals surface area contributed by atoms with Crippen LogP contribution in [0.15, 0.2) is 4.99 Å². The topological polar surface area (TPSA) is 644 Å². The molecule has 0 saturated heterocycles. The fourth-order valence-electron chi connectivity index (χ4n) is 8.77. The molecule has 0 spiro atoms. The van der Waals surface area contributed by atoms with E-state index in [0.717, 1.165) is 20.8 Å². The van der Waals surface area contributed by atoms with E-state index >= 15 is 0 Å². The van der Waals surface area contributed by atoms with Crippen molar-refractivity contribution in [1.82, 2.24) is 63.8 Å². The Morgan fingerprint density at radius 1 is 0.396 bits per heavy atom. The quantitative estimate of drug-likeness (QED) is 0.0153. The summed E-state index contributed by atoms with van der Waals surface area (Å²) >= 11 is 0. The number of carbonyl (C=O) groups is 15. The number of carboxylic acid groups (broad SMARTS) is 3. The van der Waals surface area contributed by atoms with Crippen molar-refractivity contribution in [3.05, 3.63) is 0 Å². The standard InChI is InChI=1S/C58H104N18O20/c1-27(2)25-39(53(91)70-34(15-10-12-22-59)49(87)71-36(18-20-41(80)81)51(89)69-35(17-14-24-64-58(62)63)50(88)73-38(57(95)96)16-11-13-23-60)74-47(85)30(6)68-55(93)44(32(8)77)76-52(90)37(19-21-42(82)83)72-56(94)45(33(9)78)75-48(86)31(7)67-46(84)29(5)66-40(79)26-65-54(92)43(61)28(3)4/h27-39,43-45,77-78H,10-26,59-61H2,1-9H3,(H,65,92)(H,66,79)(H,67,84)(H,68,93)(H,69,89)(H,70,91)(H,71,87)(H,72,94)(H,73,88)(H,74,85)(H,75,86)(H,76,90)(H,80,81)(H,82,83)(H,95,96)(H4,62,63,64)/t29-,30-,31-,32+,33+,34-,35-,36-,37-,38-,39-,43-,44-,45-/m0/s1. The zero-order valence-electron chi connectivity index (χ0n) is 56.0. The third-order valence-electron chi connectivity index (χ3n) is 14.5. The summed E-state index contributed by atoms with van der Waals surface area (Å²) in [6, 6.07) is -18.3. The molecule has 0 aliphatic rings. The first kappa shape index (κ1) is 87.1. The van der Waals surface area contributed by atoms with E-state index < -0.39 is 206 Å². The first-order valence-electron chi connectivity index (χ1n) is 31.6. The molecule has 0 radical (unpaired) electrons. The highest BCUT2D eigenvalue weighted by Crippen LogP contribution is 2.12. The molecule has 546 valence electrons. The molecule has 0 unspecified atom stereocenters. The Morgan fingerprint density at radius 2 is 0.740 bits per heavy atom. The number of aliphatic hydroxyl groups excluding tert-OH is 2. The van der Waals surface area contributed by atoms with Crippen LogP contribution in [0.1, 0.15) is 146 Å². The summed E-state index contributed by atoms with van der Waals surface area (Å²) in [4.78, 5) is 201. The van der Waals surface area contributed by atoms with Crippen molar-refractivity contribution in [1.29, 1.82) is 0 Å². The lowest BCUT2D eigenvalue weighted by Crippen LogP contribution is -2.62. The number of guanidine groups is 1. The number of nitrogens with two attached hydrogens (primary N) is 5. The van der Waals surface area contributed by atoms with Gasteiger partial charge in [-0.2, -0.15) is 0 Å². The molecule has 0 heterocycles. The third kappa shape index (κ3) is 35.0. The van der Waals surface area contributed by atoms with Crippen LogP contribution in [0.25, 0.3) is 0 Å². The SMILES string of the molecule is CC(C)C[C@H](NC(=O)[C@H](C)NC(=O)[C@@H](NC(=O)[C@H](CCC(=O)O)NC(=O)[C@@H](NC(=O)[C@H](C)NC(=O)[C@H](C)NC(=O)CNC(=O)[C@@H](N)C(C)C)[C@@H](C)O)[C@@H](C)O)C(=O)N[C@@H](CCCCN)C(=O)N[C@@H](CCC(=O)O)C(=O)N[C@@H](CCCN=C(N)N)C(=O)N[C@@H](CCCCN)C(=O)O. The molecule has 0 bridgehead atoms. The number of carbonyl (C=O) groups excluding carboxylic acids is 12. The lowest BCUT2D eigenvalue weighted by atomic mass is 10.0. The summed E-state index contributed by atoms with van der Waals surface area (Å²) in [5, 5.41) is 78.5. The van der Waals surface area contributed by atoms with Gasteiger partial charge in [0.15, 0.2) is 5.96 Å². The van der Waals surface area contributed by atoms with Crippen molar-refractivity contribution >= 4 is 94.8 Å². The minimum Gasteiger partial charge on any atom is -0.481 e. The summed E-state index contributed by atoms with van der Waals surface area (Å²) in [5.74, 6) is -17.1. The van der Waals surface area contributed by atoms with Crippen LogP contribution in [0.2, 0.25) is 0 Å². The van der Waals surface area contributed by atoms with E-state index in [0.29, 0.717) is 19.3 Å². The van der Waals surface area contributed by atoms with Gasteiger partial charge in [0.05, 0.1) is 24.8 Å². The molecule has 0 aromatic heterocycles. The molecular weight excluding hydrogens is 1270 g/mol. The van der Waals surface area contributed by atoms with E-state index in [1.165, 1.54) is 13.8 Å². The van der Waals surface area contributed by atoms with Gasteiger partial charge in [0.1, 0.15) is 66.5 Å². The maximum atomic E-state index is 14.2. The molecule has 0 saturated carbocycles. The fourth-order valence-corrected chi connectivity index (χ4v) is 8.77. The number of aliphatic hydroxyl groups is 2. The van der Waals surface area contributed by atoms with Gasteiger partial charge in [-0.3, -0.25) is 72.1 Å². The average molecular weight is 1370 g/mol. The smallest absolute Gasteiger partial charge is 0.326 e. The predicted molar refractivity (Wildman–Crippen MR) is 344 cm³/mol. The van der Waals surface area contributed by atoms with Crippen LogP contribution >= 0.6 is 0 Å². The Kier molecular flexibility index (Phi) is 41.3. The first-order chi connectivity index (χ1) is 44.8. The van der Waals surface area contributed by atoms with Gasteiger partial charge in [0, 0.05) is 19.4 Å². The summed E-state index contributed by atoms with van der Waals surface area (Å²) in [7, 11) is 0. The number of nitrogens with one attached hydrogen (secondary N) is 12. The lowest BCUT2D eigenvalue weighted by Gasteiger charge is -2.29. The maximum Gasteiger partial charge on any atom is 0.326 e. The number of rotatable bonds is 48. The number of aliphatic imine (C=N–C) groups is 1. The molecule has 0 aliphatic carbocycles. The number of unbranched alkanes of at least 4 members (excludes halogenated alkanes) is 2. The molecule has 27 N–H and O–H groups in total. The van der Waals surface area contributed by atoms with Crippen molar-refractivity contribution < 1.29 is 97.5 Å². The Balaban J connectivity index is 6.57. The van der Waals surface area contributed by atoms with Crippen LogP contribution in [-0.4, -0.2) is 231 Å². The van der Waals surface area contributed by atoms with Crippen LogP contribution in [0, 0.1) is 11.8 Å². The Hall–Kier alpha value is -8.88. The molecule has 0 aromatic carbocycles. The van der Waals surface area contributed by atoms with Gasteiger partial charge in [0.2, 0.25) is 70.9 Å². The zero-order valence-corrected chi connectivity index (χ0v) is 56.0. The monoisotopic (exact) mass is 1370 g/mol. The van der Waals surface area contributed by atoms with Gasteiger partial charge in [0.25, 0.3) is 0 Å². The second-order valence-electron chi connectivity index (χ2n) is 23.9. The second-order valence-corrected chi connectivity index (χ2v) is 23.9. The molecule has 0 fully saturated rings. The van der Waals surface area contributed by atoms with Crippen LogP contribution in [0.4, 0.5) is 0 Å². The highest BCUT2D eigenvalue weighted by Gasteiger charge is 2.37. The number of hydrogen-bond donors (Lipinski definition) is 22. The van der Waals surface area contributed by atoms with Crippen molar-refractivity contribution in [3.63, 3.8) is 0 Å². The number of hydrogen-bond acceptors (Lipinski definition) is 21. The normalized spacial score (nSPS) is 15.5. The first-order valence-corrected chi connectivity index (χ1v) is 31.6. The highest BCUT2D eigenvalue weighted by atomic mass is 16.4. The molecular formula is C58H104N18O20. The largest absolute Gasteiger partial charge is 0.481 e. The predicted octanol–water partition coefficient (Wildman–Crippen LogP) is -7.59. The average Bonchev–Trinajstić information content (AvgIpc) is 1.04. The van der Waals surface area contributed by atoms with Crippen molar-refractivity contribution in [2.45, 2.75) is 230 Å². The molecule has 14 atom stereocenters. The third-order valence-corrected chi connectivity index (χ3v) is 14.5. The van der Waals surface area contributed by atoms with Crippen molar-refractivity contribution in [2.24, 2.45) is 45.5 Å². The summed E-state index contributed by atoms with van der Waals surface area (Å²) in [6.07, 6.45) is -5.15. The zero-order chi connectivity index (χ0) is 73.7. The highest BCUT2D eigenvalue weighted by molar-refractivity contribution is 5.99. The fraction of sp³-hybridized carbons (Fsp3) is 0.724. The minimum absolute atomic E-state index is 0.0117. The Bertz CT molecular complexity index is 2660. The number of aliphatic carboxylic acids is 3. The minimum atomic E-state index is -1.94. The summed E-state index contributed by atoms with van der Waals surface area (Å²) in [6.45, 7) is 12.4.